The van der Waals surface area contributed by atoms with Crippen LogP contribution in [0.3, 0.4) is 0 Å². The van der Waals surface area contributed by atoms with Crippen LogP contribution in [-0.2, 0) is 0 Å². The third-order valence-corrected chi connectivity index (χ3v) is 3.55. The number of benzene rings is 2. The van der Waals surface area contributed by atoms with E-state index in [1.807, 2.05) is 44.4 Å². The molecular formula is C18H23N3O. The van der Waals surface area contributed by atoms with E-state index in [2.05, 4.69) is 10.2 Å². The first-order valence-corrected chi connectivity index (χ1v) is 7.42. The Morgan fingerprint density at radius 3 is 2.32 bits per heavy atom. The average molecular weight is 297 g/mol. The minimum Gasteiger partial charge on any atom is -0.399 e. The monoisotopic (exact) mass is 297 g/mol. The topological polar surface area (TPSA) is 58.4 Å². The van der Waals surface area contributed by atoms with Crippen molar-refractivity contribution in [3.05, 3.63) is 65.7 Å². The molecule has 1 unspecified atom stereocenters. The molecular weight excluding hydrogens is 274 g/mol. The van der Waals surface area contributed by atoms with Gasteiger partial charge in [-0.1, -0.05) is 30.3 Å². The van der Waals surface area contributed by atoms with Crippen LogP contribution in [0.15, 0.2) is 54.6 Å². The molecule has 1 amide bonds. The number of hydrogen-bond acceptors (Lipinski definition) is 3. The summed E-state index contributed by atoms with van der Waals surface area (Å²) < 4.78 is 0. The molecule has 2 aromatic rings. The summed E-state index contributed by atoms with van der Waals surface area (Å²) in [6, 6.07) is 17.0. The van der Waals surface area contributed by atoms with Gasteiger partial charge in [-0.3, -0.25) is 4.79 Å². The summed E-state index contributed by atoms with van der Waals surface area (Å²) in [5, 5.41) is 3.12. The maximum atomic E-state index is 12.4. The fourth-order valence-corrected chi connectivity index (χ4v) is 2.27. The predicted molar refractivity (Wildman–Crippen MR) is 90.7 cm³/mol. The highest BCUT2D eigenvalue weighted by molar-refractivity contribution is 5.94. The first kappa shape index (κ1) is 16.0. The standard InChI is InChI=1S/C18H23N3O/c1-21(2)13-12-17(14-6-4-3-5-7-14)20-18(22)15-8-10-16(19)11-9-15/h3-11,17H,12-13,19H2,1-2H3,(H,20,22). The molecule has 0 saturated heterocycles. The third-order valence-electron chi connectivity index (χ3n) is 3.55. The van der Waals surface area contributed by atoms with Crippen LogP contribution in [0.5, 0.6) is 0 Å². The molecule has 0 aliphatic carbocycles. The minimum atomic E-state index is -0.0763. The van der Waals surface area contributed by atoms with Gasteiger partial charge in [-0.2, -0.15) is 0 Å². The minimum absolute atomic E-state index is 0.00588. The highest BCUT2D eigenvalue weighted by Gasteiger charge is 2.15. The van der Waals surface area contributed by atoms with E-state index in [-0.39, 0.29) is 11.9 Å². The number of nitrogens with zero attached hydrogens (tertiary/aromatic N) is 1. The summed E-state index contributed by atoms with van der Waals surface area (Å²) in [5.74, 6) is -0.0763. The first-order valence-electron chi connectivity index (χ1n) is 7.42. The summed E-state index contributed by atoms with van der Waals surface area (Å²) in [4.78, 5) is 14.5. The number of hydrogen-bond donors (Lipinski definition) is 2. The van der Waals surface area contributed by atoms with E-state index < -0.39 is 0 Å². The molecule has 2 aromatic carbocycles. The van der Waals surface area contributed by atoms with Crippen molar-refractivity contribution in [2.45, 2.75) is 12.5 Å². The Morgan fingerprint density at radius 2 is 1.73 bits per heavy atom. The number of anilines is 1. The van der Waals surface area contributed by atoms with Crippen LogP contribution in [0.2, 0.25) is 0 Å². The maximum Gasteiger partial charge on any atom is 0.251 e. The van der Waals surface area contributed by atoms with Crippen molar-refractivity contribution < 1.29 is 4.79 Å². The Balaban J connectivity index is 2.11. The average Bonchev–Trinajstić information content (AvgIpc) is 2.52. The SMILES string of the molecule is CN(C)CCC(NC(=O)c1ccc(N)cc1)c1ccccc1. The predicted octanol–water partition coefficient (Wildman–Crippen LogP) is 2.69. The van der Waals surface area contributed by atoms with Crippen LogP contribution < -0.4 is 11.1 Å². The van der Waals surface area contributed by atoms with Gasteiger partial charge in [-0.05, 0) is 56.9 Å². The van der Waals surface area contributed by atoms with Crippen LogP contribution in [0.4, 0.5) is 5.69 Å². The summed E-state index contributed by atoms with van der Waals surface area (Å²) in [6.07, 6.45) is 0.859. The lowest BCUT2D eigenvalue weighted by molar-refractivity contribution is 0.0933. The molecule has 0 radical (unpaired) electrons. The first-order chi connectivity index (χ1) is 10.6. The lowest BCUT2D eigenvalue weighted by Gasteiger charge is -2.21. The molecule has 0 bridgehead atoms. The van der Waals surface area contributed by atoms with E-state index in [0.29, 0.717) is 11.3 Å². The smallest absolute Gasteiger partial charge is 0.251 e. The molecule has 2 rings (SSSR count). The summed E-state index contributed by atoms with van der Waals surface area (Å²) in [6.45, 7) is 0.904. The fourth-order valence-electron chi connectivity index (χ4n) is 2.27. The molecule has 4 nitrogen and oxygen atoms in total. The van der Waals surface area contributed by atoms with Gasteiger partial charge in [-0.25, -0.2) is 0 Å². The second-order valence-electron chi connectivity index (χ2n) is 5.65. The Bertz CT molecular complexity index is 593. The molecule has 0 heterocycles. The van der Waals surface area contributed by atoms with Gasteiger partial charge >= 0.3 is 0 Å². The second kappa shape index (κ2) is 7.61. The normalized spacial score (nSPS) is 12.1. The van der Waals surface area contributed by atoms with Crippen molar-refractivity contribution in [3.63, 3.8) is 0 Å². The molecule has 0 aromatic heterocycles. The molecule has 0 fully saturated rings. The summed E-state index contributed by atoms with van der Waals surface area (Å²) >= 11 is 0. The van der Waals surface area contributed by atoms with Crippen LogP contribution >= 0.6 is 0 Å². The van der Waals surface area contributed by atoms with Gasteiger partial charge in [0.25, 0.3) is 5.91 Å². The van der Waals surface area contributed by atoms with Crippen LogP contribution in [0.25, 0.3) is 0 Å². The molecule has 116 valence electrons. The van der Waals surface area contributed by atoms with Crippen molar-refractivity contribution >= 4 is 11.6 Å². The van der Waals surface area contributed by atoms with Gasteiger partial charge in [0.15, 0.2) is 0 Å². The zero-order chi connectivity index (χ0) is 15.9. The summed E-state index contributed by atoms with van der Waals surface area (Å²) in [5.41, 5.74) is 8.06. The van der Waals surface area contributed by atoms with Crippen molar-refractivity contribution in [1.29, 1.82) is 0 Å². The number of nitrogen functional groups attached to an aromatic ring is 1. The Hall–Kier alpha value is -2.33. The van der Waals surface area contributed by atoms with Gasteiger partial charge in [0.1, 0.15) is 0 Å². The molecule has 0 aliphatic rings. The van der Waals surface area contributed by atoms with Crippen molar-refractivity contribution in [2.75, 3.05) is 26.4 Å². The van der Waals surface area contributed by atoms with E-state index in [1.165, 1.54) is 0 Å². The highest BCUT2D eigenvalue weighted by atomic mass is 16.1. The van der Waals surface area contributed by atoms with Crippen molar-refractivity contribution in [1.82, 2.24) is 10.2 Å². The van der Waals surface area contributed by atoms with E-state index in [9.17, 15) is 4.79 Å². The zero-order valence-corrected chi connectivity index (χ0v) is 13.1. The van der Waals surface area contributed by atoms with Gasteiger partial charge < -0.3 is 16.0 Å². The lowest BCUT2D eigenvalue weighted by atomic mass is 10.0. The van der Waals surface area contributed by atoms with Gasteiger partial charge in [0.2, 0.25) is 0 Å². The van der Waals surface area contributed by atoms with E-state index in [0.717, 1.165) is 18.5 Å². The lowest BCUT2D eigenvalue weighted by Crippen LogP contribution is -2.31. The maximum absolute atomic E-state index is 12.4. The Morgan fingerprint density at radius 1 is 1.09 bits per heavy atom. The number of nitrogens with two attached hydrogens (primary N) is 1. The molecule has 3 N–H and O–H groups in total. The van der Waals surface area contributed by atoms with E-state index in [1.54, 1.807) is 24.3 Å². The number of amides is 1. The van der Waals surface area contributed by atoms with E-state index in [4.69, 9.17) is 5.73 Å². The van der Waals surface area contributed by atoms with Crippen LogP contribution in [-0.4, -0.2) is 31.4 Å². The molecule has 0 aliphatic heterocycles. The number of carbonyl (C=O) groups excluding carboxylic acids is 1. The van der Waals surface area contributed by atoms with E-state index >= 15 is 0 Å². The number of carbonyl (C=O) groups is 1. The van der Waals surface area contributed by atoms with Crippen LogP contribution in [0.1, 0.15) is 28.4 Å². The molecule has 1 atom stereocenters. The third kappa shape index (κ3) is 4.60. The highest BCUT2D eigenvalue weighted by Crippen LogP contribution is 2.18. The number of rotatable bonds is 6. The zero-order valence-electron chi connectivity index (χ0n) is 13.1. The Labute approximate surface area is 131 Å². The Kier molecular flexibility index (Phi) is 5.55. The largest absolute Gasteiger partial charge is 0.399 e. The molecule has 4 heteroatoms. The van der Waals surface area contributed by atoms with Gasteiger partial charge in [0.05, 0.1) is 6.04 Å². The van der Waals surface area contributed by atoms with Crippen molar-refractivity contribution in [2.24, 2.45) is 0 Å². The second-order valence-corrected chi connectivity index (χ2v) is 5.65. The number of nitrogens with one attached hydrogen (secondary N) is 1. The molecule has 0 saturated carbocycles. The van der Waals surface area contributed by atoms with Crippen molar-refractivity contribution in [3.8, 4) is 0 Å². The molecule has 22 heavy (non-hydrogen) atoms. The summed E-state index contributed by atoms with van der Waals surface area (Å²) in [7, 11) is 4.06. The molecule has 0 spiro atoms. The quantitative estimate of drug-likeness (QED) is 0.806. The fraction of sp³-hybridized carbons (Fsp3) is 0.278. The van der Waals surface area contributed by atoms with Gasteiger partial charge in [-0.15, -0.1) is 0 Å². The van der Waals surface area contributed by atoms with Crippen LogP contribution in [0, 0.1) is 0 Å². The van der Waals surface area contributed by atoms with Gasteiger partial charge in [0, 0.05) is 11.3 Å².